The zero-order valence-corrected chi connectivity index (χ0v) is 18.4. The molecule has 1 amide bonds. The molecule has 0 bridgehead atoms. The van der Waals surface area contributed by atoms with E-state index in [0.717, 1.165) is 29.6 Å². The SMILES string of the molecule is COc1cc(N2CCCCC2)ccc1/C=C1/SC(=NC(C)C)N(C(C)C)C1=O. The molecule has 0 spiro atoms. The molecule has 28 heavy (non-hydrogen) atoms. The van der Waals surface area contributed by atoms with Crippen molar-refractivity contribution in [2.45, 2.75) is 59.0 Å². The highest BCUT2D eigenvalue weighted by molar-refractivity contribution is 8.18. The van der Waals surface area contributed by atoms with Gasteiger partial charge in [-0.15, -0.1) is 0 Å². The van der Waals surface area contributed by atoms with Crippen molar-refractivity contribution in [3.63, 3.8) is 0 Å². The van der Waals surface area contributed by atoms with Crippen LogP contribution in [0.3, 0.4) is 0 Å². The van der Waals surface area contributed by atoms with Crippen molar-refractivity contribution >= 4 is 34.6 Å². The Morgan fingerprint density at radius 2 is 1.86 bits per heavy atom. The zero-order valence-electron chi connectivity index (χ0n) is 17.6. The fraction of sp³-hybridized carbons (Fsp3) is 0.545. The maximum absolute atomic E-state index is 13.0. The minimum Gasteiger partial charge on any atom is -0.496 e. The fourth-order valence-electron chi connectivity index (χ4n) is 3.56. The third-order valence-corrected chi connectivity index (χ3v) is 5.94. The molecule has 2 saturated heterocycles. The van der Waals surface area contributed by atoms with Crippen molar-refractivity contribution in [3.05, 3.63) is 28.7 Å². The van der Waals surface area contributed by atoms with Crippen molar-refractivity contribution < 1.29 is 9.53 Å². The van der Waals surface area contributed by atoms with Gasteiger partial charge in [-0.2, -0.15) is 0 Å². The van der Waals surface area contributed by atoms with E-state index in [1.807, 2.05) is 33.8 Å². The number of hydrogen-bond acceptors (Lipinski definition) is 5. The average Bonchev–Trinajstić information content (AvgIpc) is 2.97. The summed E-state index contributed by atoms with van der Waals surface area (Å²) in [7, 11) is 1.69. The highest BCUT2D eigenvalue weighted by Gasteiger charge is 2.35. The van der Waals surface area contributed by atoms with Gasteiger partial charge in [-0.1, -0.05) is 0 Å². The molecule has 0 radical (unpaired) electrons. The summed E-state index contributed by atoms with van der Waals surface area (Å²) in [5.41, 5.74) is 2.11. The summed E-state index contributed by atoms with van der Waals surface area (Å²) >= 11 is 1.45. The molecule has 0 aliphatic carbocycles. The fourth-order valence-corrected chi connectivity index (χ4v) is 4.79. The molecule has 5 nitrogen and oxygen atoms in total. The lowest BCUT2D eigenvalue weighted by atomic mass is 10.1. The predicted octanol–water partition coefficient (Wildman–Crippen LogP) is 4.77. The number of amides is 1. The van der Waals surface area contributed by atoms with E-state index in [1.54, 1.807) is 12.0 Å². The van der Waals surface area contributed by atoms with E-state index in [2.05, 4.69) is 28.1 Å². The summed E-state index contributed by atoms with van der Waals surface area (Å²) in [6.45, 7) is 10.3. The summed E-state index contributed by atoms with van der Waals surface area (Å²) in [4.78, 5) is 22.5. The van der Waals surface area contributed by atoms with Crippen LogP contribution >= 0.6 is 11.8 Å². The van der Waals surface area contributed by atoms with Gasteiger partial charge in [0.15, 0.2) is 5.17 Å². The Morgan fingerprint density at radius 3 is 2.46 bits per heavy atom. The van der Waals surface area contributed by atoms with Crippen LogP contribution in [0, 0.1) is 0 Å². The van der Waals surface area contributed by atoms with Crippen LogP contribution in [-0.4, -0.2) is 48.3 Å². The third kappa shape index (κ3) is 4.54. The number of amidine groups is 1. The Kier molecular flexibility index (Phi) is 6.70. The topological polar surface area (TPSA) is 45.1 Å². The van der Waals surface area contributed by atoms with Crippen LogP contribution in [0.15, 0.2) is 28.1 Å². The van der Waals surface area contributed by atoms with E-state index in [-0.39, 0.29) is 18.0 Å². The molecule has 0 saturated carbocycles. The molecule has 1 aromatic carbocycles. The van der Waals surface area contributed by atoms with Crippen molar-refractivity contribution in [3.8, 4) is 5.75 Å². The molecule has 2 aliphatic heterocycles. The number of nitrogens with zero attached hydrogens (tertiary/aromatic N) is 3. The summed E-state index contributed by atoms with van der Waals surface area (Å²) in [5.74, 6) is 0.816. The normalized spacial score (nSPS) is 20.9. The lowest BCUT2D eigenvalue weighted by Crippen LogP contribution is -2.35. The van der Waals surface area contributed by atoms with Gasteiger partial charge in [0.1, 0.15) is 5.75 Å². The molecule has 152 valence electrons. The van der Waals surface area contributed by atoms with Crippen LogP contribution in [0.2, 0.25) is 0 Å². The Bertz CT molecular complexity index is 780. The molecule has 2 heterocycles. The van der Waals surface area contributed by atoms with E-state index in [9.17, 15) is 4.79 Å². The largest absolute Gasteiger partial charge is 0.496 e. The first kappa shape index (κ1) is 20.8. The molecule has 0 unspecified atom stereocenters. The van der Waals surface area contributed by atoms with Gasteiger partial charge in [-0.25, -0.2) is 0 Å². The number of piperidine rings is 1. The highest BCUT2D eigenvalue weighted by Crippen LogP contribution is 2.36. The van der Waals surface area contributed by atoms with Crippen molar-refractivity contribution in [2.75, 3.05) is 25.1 Å². The Labute approximate surface area is 172 Å². The Morgan fingerprint density at radius 1 is 1.14 bits per heavy atom. The van der Waals surface area contributed by atoms with Crippen LogP contribution in [0.5, 0.6) is 5.75 Å². The molecule has 3 rings (SSSR count). The number of anilines is 1. The van der Waals surface area contributed by atoms with Crippen LogP contribution in [-0.2, 0) is 4.79 Å². The smallest absolute Gasteiger partial charge is 0.266 e. The van der Waals surface area contributed by atoms with Gasteiger partial charge in [0.2, 0.25) is 0 Å². The second-order valence-corrected chi connectivity index (χ2v) is 8.87. The minimum absolute atomic E-state index is 0.0153. The van der Waals surface area contributed by atoms with Gasteiger partial charge in [-0.05, 0) is 76.9 Å². The highest BCUT2D eigenvalue weighted by atomic mass is 32.2. The number of carbonyl (C=O) groups excluding carboxylic acids is 1. The van der Waals surface area contributed by atoms with E-state index < -0.39 is 0 Å². The first-order chi connectivity index (χ1) is 13.4. The van der Waals surface area contributed by atoms with Crippen LogP contribution in [0.4, 0.5) is 5.69 Å². The molecule has 1 aromatic rings. The molecule has 6 heteroatoms. The molecule has 0 aromatic heterocycles. The third-order valence-electron chi connectivity index (χ3n) is 4.95. The van der Waals surface area contributed by atoms with Gasteiger partial charge < -0.3 is 9.64 Å². The number of methoxy groups -OCH3 is 1. The lowest BCUT2D eigenvalue weighted by Gasteiger charge is -2.29. The standard InChI is InChI=1S/C22H31N3O2S/c1-15(2)23-22-25(16(3)4)21(26)20(28-22)13-17-9-10-18(14-19(17)27-5)24-11-7-6-8-12-24/h9-10,13-16H,6-8,11-12H2,1-5H3/b20-13+,23-22?. The molecule has 0 N–H and O–H groups in total. The predicted molar refractivity (Wildman–Crippen MR) is 119 cm³/mol. The molecular formula is C22H31N3O2S. The molecule has 2 fully saturated rings. The van der Waals surface area contributed by atoms with Crippen molar-refractivity contribution in [1.82, 2.24) is 4.90 Å². The van der Waals surface area contributed by atoms with Crippen molar-refractivity contribution in [1.29, 1.82) is 0 Å². The number of carbonyl (C=O) groups is 1. The number of ether oxygens (including phenoxy) is 1. The van der Waals surface area contributed by atoms with E-state index in [4.69, 9.17) is 4.74 Å². The van der Waals surface area contributed by atoms with E-state index in [1.165, 1.54) is 36.7 Å². The summed E-state index contributed by atoms with van der Waals surface area (Å²) in [6.07, 6.45) is 5.72. The van der Waals surface area contributed by atoms with Gasteiger partial charge in [-0.3, -0.25) is 14.7 Å². The second kappa shape index (κ2) is 9.03. The zero-order chi connectivity index (χ0) is 20.3. The molecular weight excluding hydrogens is 370 g/mol. The van der Waals surface area contributed by atoms with Crippen molar-refractivity contribution in [2.24, 2.45) is 4.99 Å². The minimum atomic E-state index is 0.0153. The monoisotopic (exact) mass is 401 g/mol. The number of aliphatic imine (C=N–C) groups is 1. The average molecular weight is 402 g/mol. The van der Waals surface area contributed by atoms with Crippen LogP contribution < -0.4 is 9.64 Å². The van der Waals surface area contributed by atoms with E-state index >= 15 is 0 Å². The summed E-state index contributed by atoms with van der Waals surface area (Å²) in [6, 6.07) is 6.50. The van der Waals surface area contributed by atoms with Gasteiger partial charge >= 0.3 is 0 Å². The Hall–Kier alpha value is -1.95. The van der Waals surface area contributed by atoms with Gasteiger partial charge in [0.05, 0.1) is 12.0 Å². The number of hydrogen-bond donors (Lipinski definition) is 0. The number of rotatable bonds is 5. The summed E-state index contributed by atoms with van der Waals surface area (Å²) < 4.78 is 5.65. The maximum atomic E-state index is 13.0. The Balaban J connectivity index is 1.90. The second-order valence-electron chi connectivity index (χ2n) is 7.86. The summed E-state index contributed by atoms with van der Waals surface area (Å²) in [5, 5.41) is 0.783. The van der Waals surface area contributed by atoms with E-state index in [0.29, 0.717) is 4.91 Å². The number of benzene rings is 1. The van der Waals surface area contributed by atoms with Gasteiger partial charge in [0, 0.05) is 42.5 Å². The van der Waals surface area contributed by atoms with Crippen LogP contribution in [0.25, 0.3) is 6.08 Å². The number of thioether (sulfide) groups is 1. The lowest BCUT2D eigenvalue weighted by molar-refractivity contribution is -0.123. The molecule has 2 aliphatic rings. The van der Waals surface area contributed by atoms with Crippen LogP contribution in [0.1, 0.15) is 52.5 Å². The molecule has 0 atom stereocenters. The first-order valence-electron chi connectivity index (χ1n) is 10.1. The van der Waals surface area contributed by atoms with Gasteiger partial charge in [0.25, 0.3) is 5.91 Å². The quantitative estimate of drug-likeness (QED) is 0.667. The first-order valence-corrected chi connectivity index (χ1v) is 11.0. The maximum Gasteiger partial charge on any atom is 0.266 e.